The van der Waals surface area contributed by atoms with Crippen LogP contribution in [-0.2, 0) is 24.4 Å². The van der Waals surface area contributed by atoms with E-state index in [1.807, 2.05) is 54.7 Å². The van der Waals surface area contributed by atoms with Crippen molar-refractivity contribution in [3.05, 3.63) is 84.6 Å². The average Bonchev–Trinajstić information content (AvgIpc) is 3.43. The third kappa shape index (κ3) is 4.15. The van der Waals surface area contributed by atoms with Crippen LogP contribution in [0.4, 0.5) is 0 Å². The van der Waals surface area contributed by atoms with Crippen molar-refractivity contribution in [1.29, 1.82) is 0 Å². The zero-order valence-corrected chi connectivity index (χ0v) is 17.4. The molecule has 0 saturated carbocycles. The van der Waals surface area contributed by atoms with Crippen LogP contribution in [0.15, 0.2) is 73.4 Å². The maximum absolute atomic E-state index is 12.5. The predicted molar refractivity (Wildman–Crippen MR) is 121 cm³/mol. The summed E-state index contributed by atoms with van der Waals surface area (Å²) >= 11 is 0. The second-order valence-electron chi connectivity index (χ2n) is 7.46. The van der Waals surface area contributed by atoms with Gasteiger partial charge in [-0.25, -0.2) is 9.97 Å². The van der Waals surface area contributed by atoms with Crippen molar-refractivity contribution in [2.24, 2.45) is 0 Å². The minimum absolute atomic E-state index is 0.102. The van der Waals surface area contributed by atoms with Crippen LogP contribution >= 0.6 is 0 Å². The molecule has 5 rings (SSSR count). The van der Waals surface area contributed by atoms with Crippen LogP contribution in [0.1, 0.15) is 11.1 Å². The Morgan fingerprint density at radius 3 is 2.78 bits per heavy atom. The first-order valence-corrected chi connectivity index (χ1v) is 10.4. The number of benzene rings is 2. The monoisotopic (exact) mass is 426 g/mol. The maximum Gasteiger partial charge on any atom is 0.245 e. The second-order valence-corrected chi connectivity index (χ2v) is 7.46. The third-order valence-electron chi connectivity index (χ3n) is 5.29. The van der Waals surface area contributed by atoms with Crippen molar-refractivity contribution >= 4 is 28.0 Å². The van der Waals surface area contributed by atoms with Crippen LogP contribution in [0, 0.1) is 0 Å². The second kappa shape index (κ2) is 8.89. The van der Waals surface area contributed by atoms with Crippen LogP contribution in [0.25, 0.3) is 22.1 Å². The van der Waals surface area contributed by atoms with E-state index in [-0.39, 0.29) is 12.5 Å². The van der Waals surface area contributed by atoms with Crippen molar-refractivity contribution in [2.75, 3.05) is 6.54 Å². The van der Waals surface area contributed by atoms with Crippen LogP contribution in [0.3, 0.4) is 0 Å². The highest BCUT2D eigenvalue weighted by Crippen LogP contribution is 2.21. The molecule has 2 N–H and O–H groups in total. The number of aromatic amines is 1. The number of nitrogens with one attached hydrogen (secondary N) is 2. The molecule has 0 bridgehead atoms. The number of nitrogens with zero attached hydrogens (tertiary/aromatic N) is 4. The van der Waals surface area contributed by atoms with Gasteiger partial charge < -0.3 is 19.6 Å². The van der Waals surface area contributed by atoms with Gasteiger partial charge in [-0.15, -0.1) is 0 Å². The molecule has 0 aliphatic heterocycles. The number of hydrogen-bond acceptors (Lipinski definition) is 5. The quantitative estimate of drug-likeness (QED) is 0.397. The van der Waals surface area contributed by atoms with Gasteiger partial charge in [-0.3, -0.25) is 4.79 Å². The normalized spacial score (nSPS) is 11.1. The molecule has 2 aromatic carbocycles. The van der Waals surface area contributed by atoms with Gasteiger partial charge >= 0.3 is 0 Å². The molecule has 0 fully saturated rings. The first-order valence-electron chi connectivity index (χ1n) is 10.4. The van der Waals surface area contributed by atoms with Crippen molar-refractivity contribution in [1.82, 2.24) is 29.8 Å². The maximum atomic E-state index is 12.5. The molecule has 3 aromatic heterocycles. The Balaban J connectivity index is 1.21. The Kier molecular flexibility index (Phi) is 5.48. The number of aromatic nitrogens is 5. The molecular weight excluding hydrogens is 404 g/mol. The van der Waals surface area contributed by atoms with Gasteiger partial charge in [-0.1, -0.05) is 48.5 Å². The Labute approximate surface area is 184 Å². The van der Waals surface area contributed by atoms with E-state index in [9.17, 15) is 4.79 Å². The predicted octanol–water partition coefficient (Wildman–Crippen LogP) is 3.25. The summed E-state index contributed by atoms with van der Waals surface area (Å²) in [6.45, 7) is 1.06. The molecule has 0 aliphatic carbocycles. The fourth-order valence-electron chi connectivity index (χ4n) is 3.69. The highest BCUT2D eigenvalue weighted by Gasteiger charge is 2.13. The highest BCUT2D eigenvalue weighted by atomic mass is 16.5. The topological polar surface area (TPSA) is 97.7 Å². The molecule has 160 valence electrons. The lowest BCUT2D eigenvalue weighted by molar-refractivity contribution is -0.121. The smallest absolute Gasteiger partial charge is 0.245 e. The summed E-state index contributed by atoms with van der Waals surface area (Å²) < 4.78 is 7.54. The highest BCUT2D eigenvalue weighted by molar-refractivity contribution is 5.83. The van der Waals surface area contributed by atoms with Crippen LogP contribution in [0.5, 0.6) is 5.88 Å². The minimum atomic E-state index is -0.102. The van der Waals surface area contributed by atoms with Gasteiger partial charge in [0.25, 0.3) is 0 Å². The molecule has 0 saturated heterocycles. The van der Waals surface area contributed by atoms with Crippen molar-refractivity contribution in [2.45, 2.75) is 19.6 Å². The van der Waals surface area contributed by atoms with Crippen molar-refractivity contribution in [3.8, 4) is 5.88 Å². The van der Waals surface area contributed by atoms with E-state index >= 15 is 0 Å². The van der Waals surface area contributed by atoms with Gasteiger partial charge in [-0.05, 0) is 23.6 Å². The standard InChI is InChI=1S/C24H22N6O2/c31-21(25-11-10-18-12-26-20-9-5-4-8-19(18)20)13-30-16-29-22-23(30)27-15-28-24(22)32-14-17-6-2-1-3-7-17/h1-9,12,15-16,26H,10-11,13-14H2,(H,25,31). The van der Waals surface area contributed by atoms with Crippen molar-refractivity contribution in [3.63, 3.8) is 0 Å². The first-order chi connectivity index (χ1) is 15.8. The van der Waals surface area contributed by atoms with Gasteiger partial charge in [0, 0.05) is 23.6 Å². The van der Waals surface area contributed by atoms with E-state index < -0.39 is 0 Å². The van der Waals surface area contributed by atoms with Crippen LogP contribution < -0.4 is 10.1 Å². The Hall–Kier alpha value is -4.20. The molecule has 0 radical (unpaired) electrons. The van der Waals surface area contributed by atoms with Crippen LogP contribution in [0.2, 0.25) is 0 Å². The first kappa shape index (κ1) is 19.7. The fraction of sp³-hybridized carbons (Fsp3) is 0.167. The van der Waals surface area contributed by atoms with E-state index in [1.54, 1.807) is 10.9 Å². The van der Waals surface area contributed by atoms with E-state index in [4.69, 9.17) is 4.74 Å². The lowest BCUT2D eigenvalue weighted by Crippen LogP contribution is -2.29. The molecule has 0 spiro atoms. The summed E-state index contributed by atoms with van der Waals surface area (Å²) in [7, 11) is 0. The van der Waals surface area contributed by atoms with E-state index in [1.165, 1.54) is 17.3 Å². The van der Waals surface area contributed by atoms with Crippen LogP contribution in [-0.4, -0.2) is 37.0 Å². The SMILES string of the molecule is O=C(Cn1cnc2c(OCc3ccccc3)ncnc21)NCCc1c[nH]c2ccccc12. The lowest BCUT2D eigenvalue weighted by atomic mass is 10.1. The van der Waals surface area contributed by atoms with E-state index in [2.05, 4.69) is 31.3 Å². The fourth-order valence-corrected chi connectivity index (χ4v) is 3.69. The Morgan fingerprint density at radius 2 is 1.88 bits per heavy atom. The zero-order chi connectivity index (χ0) is 21.8. The summed E-state index contributed by atoms with van der Waals surface area (Å²) in [4.78, 5) is 28.6. The van der Waals surface area contributed by atoms with Gasteiger partial charge in [0.2, 0.25) is 11.8 Å². The molecule has 8 heteroatoms. The number of carbonyl (C=O) groups excluding carboxylic acids is 1. The van der Waals surface area contributed by atoms with E-state index in [0.29, 0.717) is 30.2 Å². The average molecular weight is 426 g/mol. The number of rotatable bonds is 8. The number of para-hydroxylation sites is 1. The largest absolute Gasteiger partial charge is 0.471 e. The summed E-state index contributed by atoms with van der Waals surface area (Å²) in [5.41, 5.74) is 4.42. The zero-order valence-electron chi connectivity index (χ0n) is 17.4. The molecule has 1 amide bonds. The number of ether oxygens (including phenoxy) is 1. The molecule has 0 atom stereocenters. The number of hydrogen-bond donors (Lipinski definition) is 2. The van der Waals surface area contributed by atoms with Crippen molar-refractivity contribution < 1.29 is 9.53 Å². The van der Waals surface area contributed by atoms with Gasteiger partial charge in [-0.2, -0.15) is 4.98 Å². The number of fused-ring (bicyclic) bond motifs is 2. The molecular formula is C24H22N6O2. The summed E-state index contributed by atoms with van der Waals surface area (Å²) in [5, 5.41) is 4.16. The third-order valence-corrected chi connectivity index (χ3v) is 5.29. The molecule has 0 unspecified atom stereocenters. The molecule has 0 aliphatic rings. The lowest BCUT2D eigenvalue weighted by Gasteiger charge is -2.07. The summed E-state index contributed by atoms with van der Waals surface area (Å²) in [6, 6.07) is 18.0. The van der Waals surface area contributed by atoms with Gasteiger partial charge in [0.05, 0.1) is 6.33 Å². The Morgan fingerprint density at radius 1 is 1.03 bits per heavy atom. The summed E-state index contributed by atoms with van der Waals surface area (Å²) in [6.07, 6.45) is 5.76. The number of carbonyl (C=O) groups is 1. The Bertz CT molecular complexity index is 1360. The van der Waals surface area contributed by atoms with Gasteiger partial charge in [0.1, 0.15) is 19.5 Å². The molecule has 5 aromatic rings. The molecule has 8 nitrogen and oxygen atoms in total. The molecule has 3 heterocycles. The molecule has 32 heavy (non-hydrogen) atoms. The summed E-state index contributed by atoms with van der Waals surface area (Å²) in [5.74, 6) is 0.298. The minimum Gasteiger partial charge on any atom is -0.471 e. The number of H-pyrrole nitrogens is 1. The number of amides is 1. The van der Waals surface area contributed by atoms with E-state index in [0.717, 1.165) is 17.5 Å². The van der Waals surface area contributed by atoms with Gasteiger partial charge in [0.15, 0.2) is 11.2 Å². The number of imidazole rings is 1.